The fourth-order valence-corrected chi connectivity index (χ4v) is 2.90. The lowest BCUT2D eigenvalue weighted by Crippen LogP contribution is -2.24. The Balaban J connectivity index is 2.15. The first-order valence-electron chi connectivity index (χ1n) is 5.94. The van der Waals surface area contributed by atoms with Gasteiger partial charge in [-0.25, -0.2) is 4.79 Å². The van der Waals surface area contributed by atoms with Crippen molar-refractivity contribution in [1.82, 2.24) is 0 Å². The normalized spacial score (nSPS) is 21.4. The Morgan fingerprint density at radius 2 is 2.21 bits per heavy atom. The summed E-state index contributed by atoms with van der Waals surface area (Å²) in [5, 5.41) is 4.62. The maximum absolute atomic E-state index is 12.1. The molecule has 5 nitrogen and oxygen atoms in total. The summed E-state index contributed by atoms with van der Waals surface area (Å²) in [5.74, 6) is -0.817. The van der Waals surface area contributed by atoms with Gasteiger partial charge in [0, 0.05) is 6.04 Å². The maximum Gasteiger partial charge on any atom is 0.350 e. The van der Waals surface area contributed by atoms with E-state index in [2.05, 4.69) is 5.32 Å². The number of anilines is 1. The number of thiophene rings is 1. The third kappa shape index (κ3) is 2.85. The molecular formula is C13H16N2O3S. The van der Waals surface area contributed by atoms with Crippen LogP contribution in [0.3, 0.4) is 0 Å². The molecule has 2 unspecified atom stereocenters. The quantitative estimate of drug-likeness (QED) is 0.652. The second-order valence-electron chi connectivity index (χ2n) is 4.49. The molecule has 0 saturated heterocycles. The summed E-state index contributed by atoms with van der Waals surface area (Å²) in [6.07, 6.45) is 4.23. The smallest absolute Gasteiger partial charge is 0.350 e. The average molecular weight is 280 g/mol. The highest BCUT2D eigenvalue weighted by Gasteiger charge is 2.25. The molecule has 19 heavy (non-hydrogen) atoms. The van der Waals surface area contributed by atoms with Gasteiger partial charge in [0.2, 0.25) is 5.91 Å². The first-order valence-corrected chi connectivity index (χ1v) is 6.82. The standard InChI is InChI=1S/C13H16N2O3S/c1-7-6-19-11(13(17)18-2)10(7)15-12(16)8-3-4-9(14)5-8/h3-4,6,8-9H,5,14H2,1-2H3,(H,15,16). The van der Waals surface area contributed by atoms with Crippen LogP contribution in [0.4, 0.5) is 5.69 Å². The number of nitrogens with one attached hydrogen (secondary N) is 1. The van der Waals surface area contributed by atoms with Gasteiger partial charge < -0.3 is 15.8 Å². The summed E-state index contributed by atoms with van der Waals surface area (Å²) < 4.78 is 4.70. The van der Waals surface area contributed by atoms with Crippen LogP contribution in [0.25, 0.3) is 0 Å². The van der Waals surface area contributed by atoms with Gasteiger partial charge in [0.25, 0.3) is 0 Å². The fourth-order valence-electron chi connectivity index (χ4n) is 1.98. The van der Waals surface area contributed by atoms with Crippen LogP contribution in [-0.4, -0.2) is 25.0 Å². The molecule has 0 saturated carbocycles. The van der Waals surface area contributed by atoms with E-state index in [1.165, 1.54) is 18.4 Å². The number of nitrogens with two attached hydrogens (primary N) is 1. The zero-order valence-electron chi connectivity index (χ0n) is 10.8. The van der Waals surface area contributed by atoms with Gasteiger partial charge in [-0.05, 0) is 24.3 Å². The van der Waals surface area contributed by atoms with Crippen LogP contribution in [0.1, 0.15) is 21.7 Å². The number of ether oxygens (including phenoxy) is 1. The Morgan fingerprint density at radius 3 is 2.79 bits per heavy atom. The summed E-state index contributed by atoms with van der Waals surface area (Å²) in [7, 11) is 1.32. The lowest BCUT2D eigenvalue weighted by atomic mass is 10.1. The van der Waals surface area contributed by atoms with E-state index in [4.69, 9.17) is 10.5 Å². The number of rotatable bonds is 3. The van der Waals surface area contributed by atoms with Crippen molar-refractivity contribution in [3.05, 3.63) is 28.0 Å². The summed E-state index contributed by atoms with van der Waals surface area (Å²) in [5.41, 5.74) is 7.12. The molecule has 0 fully saturated rings. The number of carbonyl (C=O) groups is 2. The van der Waals surface area contributed by atoms with E-state index in [0.717, 1.165) is 5.56 Å². The van der Waals surface area contributed by atoms with Crippen LogP contribution in [0.15, 0.2) is 17.5 Å². The van der Waals surface area contributed by atoms with E-state index in [-0.39, 0.29) is 17.9 Å². The van der Waals surface area contributed by atoms with E-state index < -0.39 is 5.97 Å². The highest BCUT2D eigenvalue weighted by Crippen LogP contribution is 2.29. The molecule has 3 N–H and O–H groups in total. The van der Waals surface area contributed by atoms with Crippen LogP contribution in [0.2, 0.25) is 0 Å². The van der Waals surface area contributed by atoms with Crippen LogP contribution in [-0.2, 0) is 9.53 Å². The van der Waals surface area contributed by atoms with Crippen molar-refractivity contribution in [2.45, 2.75) is 19.4 Å². The van der Waals surface area contributed by atoms with Crippen molar-refractivity contribution in [2.75, 3.05) is 12.4 Å². The lowest BCUT2D eigenvalue weighted by Gasteiger charge is -2.11. The van der Waals surface area contributed by atoms with Gasteiger partial charge in [-0.1, -0.05) is 12.2 Å². The molecule has 6 heteroatoms. The molecule has 1 aromatic rings. The van der Waals surface area contributed by atoms with Crippen molar-refractivity contribution < 1.29 is 14.3 Å². The SMILES string of the molecule is COC(=O)c1scc(C)c1NC(=O)C1C=CC(N)C1. The molecule has 1 aliphatic carbocycles. The Morgan fingerprint density at radius 1 is 1.47 bits per heavy atom. The molecule has 1 amide bonds. The molecule has 102 valence electrons. The van der Waals surface area contributed by atoms with Crippen LogP contribution < -0.4 is 11.1 Å². The zero-order valence-corrected chi connectivity index (χ0v) is 11.6. The van der Waals surface area contributed by atoms with Gasteiger partial charge in [-0.2, -0.15) is 0 Å². The number of aryl methyl sites for hydroxylation is 1. The molecule has 1 aromatic heterocycles. The minimum Gasteiger partial charge on any atom is -0.465 e. The van der Waals surface area contributed by atoms with Crippen LogP contribution in [0, 0.1) is 12.8 Å². The third-order valence-electron chi connectivity index (χ3n) is 3.05. The Kier molecular flexibility index (Phi) is 4.01. The third-order valence-corrected chi connectivity index (χ3v) is 4.13. The van der Waals surface area contributed by atoms with Crippen molar-refractivity contribution in [3.8, 4) is 0 Å². The first-order chi connectivity index (χ1) is 9.02. The van der Waals surface area contributed by atoms with Crippen molar-refractivity contribution >= 4 is 28.9 Å². The molecule has 2 atom stereocenters. The van der Waals surface area contributed by atoms with Crippen molar-refractivity contribution in [1.29, 1.82) is 0 Å². The summed E-state index contributed by atoms with van der Waals surface area (Å²) in [6, 6.07) is -0.0700. The van der Waals surface area contributed by atoms with Gasteiger partial charge in [0.1, 0.15) is 4.88 Å². The minimum absolute atomic E-state index is 0.0700. The monoisotopic (exact) mass is 280 g/mol. The predicted molar refractivity (Wildman–Crippen MR) is 74.2 cm³/mol. The van der Waals surface area contributed by atoms with Gasteiger partial charge in [0.05, 0.1) is 18.7 Å². The molecular weight excluding hydrogens is 264 g/mol. The largest absolute Gasteiger partial charge is 0.465 e. The van der Waals surface area contributed by atoms with Gasteiger partial charge >= 0.3 is 5.97 Å². The van der Waals surface area contributed by atoms with Crippen LogP contribution >= 0.6 is 11.3 Å². The summed E-state index contributed by atoms with van der Waals surface area (Å²) >= 11 is 1.26. The number of hydrogen-bond acceptors (Lipinski definition) is 5. The summed E-state index contributed by atoms with van der Waals surface area (Å²) in [6.45, 7) is 1.84. The minimum atomic E-state index is -0.438. The Bertz CT molecular complexity index is 536. The second-order valence-corrected chi connectivity index (χ2v) is 5.37. The Hall–Kier alpha value is -1.66. The van der Waals surface area contributed by atoms with Crippen molar-refractivity contribution in [3.63, 3.8) is 0 Å². The van der Waals surface area contributed by atoms with E-state index >= 15 is 0 Å². The first kappa shape index (κ1) is 13.8. The molecule has 1 aliphatic rings. The molecule has 0 bridgehead atoms. The highest BCUT2D eigenvalue weighted by atomic mass is 32.1. The average Bonchev–Trinajstić information content (AvgIpc) is 2.96. The highest BCUT2D eigenvalue weighted by molar-refractivity contribution is 7.12. The molecule has 0 spiro atoms. The van der Waals surface area contributed by atoms with E-state index in [0.29, 0.717) is 17.0 Å². The predicted octanol–water partition coefficient (Wildman–Crippen LogP) is 1.69. The maximum atomic E-state index is 12.1. The molecule has 0 radical (unpaired) electrons. The molecule has 2 rings (SSSR count). The van der Waals surface area contributed by atoms with Gasteiger partial charge in [-0.3, -0.25) is 4.79 Å². The van der Waals surface area contributed by atoms with Crippen molar-refractivity contribution in [2.24, 2.45) is 11.7 Å². The molecule has 0 aromatic carbocycles. The van der Waals surface area contributed by atoms with Crippen LogP contribution in [0.5, 0.6) is 0 Å². The number of hydrogen-bond donors (Lipinski definition) is 2. The number of amides is 1. The lowest BCUT2D eigenvalue weighted by molar-refractivity contribution is -0.118. The number of carbonyl (C=O) groups excluding carboxylic acids is 2. The van der Waals surface area contributed by atoms with Gasteiger partial charge in [-0.15, -0.1) is 11.3 Å². The molecule has 0 aliphatic heterocycles. The zero-order chi connectivity index (χ0) is 14.0. The Labute approximate surface area is 115 Å². The second kappa shape index (κ2) is 5.54. The van der Waals surface area contributed by atoms with E-state index in [1.54, 1.807) is 6.08 Å². The van der Waals surface area contributed by atoms with E-state index in [9.17, 15) is 9.59 Å². The van der Waals surface area contributed by atoms with Gasteiger partial charge in [0.15, 0.2) is 0 Å². The topological polar surface area (TPSA) is 81.4 Å². The van der Waals surface area contributed by atoms with E-state index in [1.807, 2.05) is 18.4 Å². The fraction of sp³-hybridized carbons (Fsp3) is 0.385. The number of esters is 1. The molecule has 1 heterocycles. The summed E-state index contributed by atoms with van der Waals surface area (Å²) in [4.78, 5) is 24.1. The number of methoxy groups -OCH3 is 1.